The molecule has 2 N–H and O–H groups in total. The number of hydrogen-bond acceptors (Lipinski definition) is 6. The Balaban J connectivity index is 1.48. The lowest BCUT2D eigenvalue weighted by atomic mass is 9.79. The fourth-order valence-electron chi connectivity index (χ4n) is 5.03. The van der Waals surface area contributed by atoms with Crippen LogP contribution in [0.4, 0.5) is 26.3 Å². The van der Waals surface area contributed by atoms with Gasteiger partial charge in [0, 0.05) is 27.2 Å². The highest BCUT2D eigenvalue weighted by Gasteiger charge is 2.38. The zero-order chi connectivity index (χ0) is 32.3. The fraction of sp³-hybridized carbons (Fsp3) is 0.533. The number of benzene rings is 2. The SMILES string of the molecule is C[C@@H](Oc1cccc([C@@H]2CCOC[C@H]2C(O)c2n[nH]c(COCC[Si](C)(C)C)n2)c1)c1cc(C(F)(F)F)cc(C(F)(F)F)c1. The fourth-order valence-corrected chi connectivity index (χ4v) is 5.79. The van der Waals surface area contributed by atoms with Crippen LogP contribution >= 0.6 is 0 Å². The number of aliphatic hydroxyl groups excluding tert-OH is 1. The molecule has 242 valence electrons. The number of hydrogen-bond donors (Lipinski definition) is 2. The molecule has 1 aromatic heterocycles. The molecule has 0 amide bonds. The second-order valence-corrected chi connectivity index (χ2v) is 17.9. The van der Waals surface area contributed by atoms with E-state index in [1.165, 1.54) is 6.92 Å². The largest absolute Gasteiger partial charge is 0.486 e. The van der Waals surface area contributed by atoms with Crippen molar-refractivity contribution in [1.29, 1.82) is 0 Å². The summed E-state index contributed by atoms with van der Waals surface area (Å²) in [6, 6.07) is 9.20. The number of H-pyrrole nitrogens is 1. The van der Waals surface area contributed by atoms with Crippen molar-refractivity contribution in [3.8, 4) is 5.75 Å². The maximum Gasteiger partial charge on any atom is 0.416 e. The highest BCUT2D eigenvalue weighted by Crippen LogP contribution is 2.41. The normalized spacial score (nSPS) is 19.5. The summed E-state index contributed by atoms with van der Waals surface area (Å²) in [6.07, 6.45) is -11.6. The van der Waals surface area contributed by atoms with Crippen LogP contribution in [0.1, 0.15) is 65.4 Å². The monoisotopic (exact) mass is 645 g/mol. The molecule has 2 aromatic carbocycles. The van der Waals surface area contributed by atoms with Gasteiger partial charge < -0.3 is 19.3 Å². The van der Waals surface area contributed by atoms with E-state index in [0.29, 0.717) is 37.6 Å². The second-order valence-electron chi connectivity index (χ2n) is 12.3. The average molecular weight is 646 g/mol. The average Bonchev–Trinajstić information content (AvgIpc) is 3.42. The summed E-state index contributed by atoms with van der Waals surface area (Å²) >= 11 is 0. The maximum absolute atomic E-state index is 13.4. The number of rotatable bonds is 11. The zero-order valence-electron chi connectivity index (χ0n) is 24.9. The number of aliphatic hydroxyl groups is 1. The molecule has 7 nitrogen and oxygen atoms in total. The first-order valence-electron chi connectivity index (χ1n) is 14.3. The van der Waals surface area contributed by atoms with Gasteiger partial charge in [0.1, 0.15) is 24.6 Å². The summed E-state index contributed by atoms with van der Waals surface area (Å²) in [7, 11) is -1.24. The van der Waals surface area contributed by atoms with Gasteiger partial charge in [-0.1, -0.05) is 31.8 Å². The van der Waals surface area contributed by atoms with E-state index in [1.54, 1.807) is 18.2 Å². The lowest BCUT2D eigenvalue weighted by Gasteiger charge is -2.34. The topological polar surface area (TPSA) is 89.5 Å². The third-order valence-electron chi connectivity index (χ3n) is 7.53. The van der Waals surface area contributed by atoms with Gasteiger partial charge in [-0.15, -0.1) is 0 Å². The van der Waals surface area contributed by atoms with Crippen molar-refractivity contribution >= 4 is 8.07 Å². The molecule has 0 radical (unpaired) electrons. The lowest BCUT2D eigenvalue weighted by Crippen LogP contribution is -2.31. The van der Waals surface area contributed by atoms with Gasteiger partial charge in [0.05, 0.1) is 17.7 Å². The molecule has 1 aliphatic heterocycles. The number of alkyl halides is 6. The van der Waals surface area contributed by atoms with Crippen molar-refractivity contribution < 1.29 is 45.7 Å². The van der Waals surface area contributed by atoms with E-state index >= 15 is 0 Å². The van der Waals surface area contributed by atoms with Crippen molar-refractivity contribution in [3.63, 3.8) is 0 Å². The van der Waals surface area contributed by atoms with E-state index in [9.17, 15) is 31.4 Å². The van der Waals surface area contributed by atoms with Crippen LogP contribution < -0.4 is 4.74 Å². The quantitative estimate of drug-likeness (QED) is 0.126. The van der Waals surface area contributed by atoms with Gasteiger partial charge in [-0.25, -0.2) is 4.98 Å². The molecular weight excluding hydrogens is 608 g/mol. The van der Waals surface area contributed by atoms with Crippen LogP contribution in [0.3, 0.4) is 0 Å². The number of ether oxygens (including phenoxy) is 3. The van der Waals surface area contributed by atoms with E-state index in [-0.39, 0.29) is 42.3 Å². The summed E-state index contributed by atoms with van der Waals surface area (Å²) in [5, 5.41) is 18.2. The molecule has 1 aliphatic rings. The molecule has 0 spiro atoms. The van der Waals surface area contributed by atoms with E-state index in [4.69, 9.17) is 14.2 Å². The Bertz CT molecular complexity index is 1360. The molecular formula is C30H37F6N3O4Si. The molecule has 1 saturated heterocycles. The summed E-state index contributed by atoms with van der Waals surface area (Å²) in [6.45, 7) is 9.68. The minimum absolute atomic E-state index is 0.0894. The van der Waals surface area contributed by atoms with Crippen LogP contribution in [0.2, 0.25) is 25.7 Å². The Morgan fingerprint density at radius 3 is 2.36 bits per heavy atom. The van der Waals surface area contributed by atoms with E-state index in [0.717, 1.165) is 11.6 Å². The van der Waals surface area contributed by atoms with E-state index in [2.05, 4.69) is 34.8 Å². The molecule has 1 fully saturated rings. The minimum atomic E-state index is -4.96. The molecule has 4 atom stereocenters. The molecule has 4 rings (SSSR count). The molecule has 0 aliphatic carbocycles. The van der Waals surface area contributed by atoms with Crippen molar-refractivity contribution in [2.75, 3.05) is 19.8 Å². The van der Waals surface area contributed by atoms with Gasteiger partial charge in [-0.3, -0.25) is 5.10 Å². The van der Waals surface area contributed by atoms with Crippen molar-refractivity contribution in [3.05, 3.63) is 76.4 Å². The Hall–Kier alpha value is -2.94. The van der Waals surface area contributed by atoms with Crippen LogP contribution in [-0.2, 0) is 28.4 Å². The highest BCUT2D eigenvalue weighted by atomic mass is 28.3. The Labute approximate surface area is 253 Å². The van der Waals surface area contributed by atoms with Gasteiger partial charge in [-0.05, 0) is 66.8 Å². The van der Waals surface area contributed by atoms with Gasteiger partial charge in [-0.2, -0.15) is 31.4 Å². The Kier molecular flexibility index (Phi) is 10.5. The maximum atomic E-state index is 13.4. The summed E-state index contributed by atoms with van der Waals surface area (Å²) in [4.78, 5) is 4.42. The first-order chi connectivity index (χ1) is 20.5. The van der Waals surface area contributed by atoms with Gasteiger partial charge >= 0.3 is 12.4 Å². The highest BCUT2D eigenvalue weighted by molar-refractivity contribution is 6.76. The molecule has 3 aromatic rings. The molecule has 44 heavy (non-hydrogen) atoms. The Morgan fingerprint density at radius 2 is 1.73 bits per heavy atom. The molecule has 14 heteroatoms. The van der Waals surface area contributed by atoms with Crippen LogP contribution in [-0.4, -0.2) is 48.2 Å². The second kappa shape index (κ2) is 13.6. The van der Waals surface area contributed by atoms with Crippen LogP contribution in [0.15, 0.2) is 42.5 Å². The molecule has 0 saturated carbocycles. The van der Waals surface area contributed by atoms with Gasteiger partial charge in [0.15, 0.2) is 11.6 Å². The van der Waals surface area contributed by atoms with Gasteiger partial charge in [0.25, 0.3) is 0 Å². The predicted molar refractivity (Wildman–Crippen MR) is 153 cm³/mol. The number of aromatic amines is 1. The number of nitrogens with one attached hydrogen (secondary N) is 1. The first kappa shape index (κ1) is 33.9. The van der Waals surface area contributed by atoms with Crippen molar-refractivity contribution in [1.82, 2.24) is 15.2 Å². The van der Waals surface area contributed by atoms with E-state index < -0.39 is 49.7 Å². The number of nitrogens with zero attached hydrogens (tertiary/aromatic N) is 2. The number of halogens is 6. The smallest absolute Gasteiger partial charge is 0.416 e. The zero-order valence-corrected chi connectivity index (χ0v) is 25.9. The van der Waals surface area contributed by atoms with Crippen LogP contribution in [0.5, 0.6) is 5.75 Å². The summed E-state index contributed by atoms with van der Waals surface area (Å²) in [5.74, 6) is 0.330. The van der Waals surface area contributed by atoms with Crippen LogP contribution in [0, 0.1) is 5.92 Å². The third kappa shape index (κ3) is 9.05. The van der Waals surface area contributed by atoms with Crippen LogP contribution in [0.25, 0.3) is 0 Å². The summed E-state index contributed by atoms with van der Waals surface area (Å²) < 4.78 is 97.4. The van der Waals surface area contributed by atoms with Crippen molar-refractivity contribution in [2.24, 2.45) is 5.92 Å². The molecule has 0 bridgehead atoms. The van der Waals surface area contributed by atoms with E-state index in [1.807, 2.05) is 6.07 Å². The van der Waals surface area contributed by atoms with Gasteiger partial charge in [0.2, 0.25) is 0 Å². The molecule has 2 heterocycles. The third-order valence-corrected chi connectivity index (χ3v) is 9.24. The Morgan fingerprint density at radius 1 is 1.05 bits per heavy atom. The van der Waals surface area contributed by atoms with Crippen molar-refractivity contribution in [2.45, 2.75) is 76.1 Å². The first-order valence-corrected chi connectivity index (χ1v) is 18.0. The number of aromatic nitrogens is 3. The predicted octanol–water partition coefficient (Wildman–Crippen LogP) is 7.69. The standard InChI is InChI=1S/C30H37F6N3O4Si/c1-18(20-12-21(29(31,32)33)15-22(13-20)30(34,35)36)43-23-7-5-6-19(14-23)24-8-9-41-16-25(24)27(40)28-37-26(38-39-28)17-42-10-11-44(2,3)4/h5-7,12-15,18,24-25,27,40H,8-11,16-17H2,1-4H3,(H,37,38,39)/t18-,24+,25-,27?/m1/s1. The lowest BCUT2D eigenvalue weighted by molar-refractivity contribution is -0.143. The molecule has 1 unspecified atom stereocenters. The summed E-state index contributed by atoms with van der Waals surface area (Å²) in [5.41, 5.74) is -2.30. The minimum Gasteiger partial charge on any atom is -0.486 e.